The van der Waals surface area contributed by atoms with Crippen molar-refractivity contribution in [2.75, 3.05) is 0 Å². The Bertz CT molecular complexity index is 1330. The lowest BCUT2D eigenvalue weighted by atomic mass is 10.1. The van der Waals surface area contributed by atoms with Crippen molar-refractivity contribution in [2.45, 2.75) is 6.61 Å². The van der Waals surface area contributed by atoms with Crippen LogP contribution in [-0.4, -0.2) is 29.1 Å². The normalized spacial score (nSPS) is 11.1. The van der Waals surface area contributed by atoms with Gasteiger partial charge in [-0.3, -0.25) is 9.08 Å². The summed E-state index contributed by atoms with van der Waals surface area (Å²) in [6, 6.07) is 12.6. The minimum absolute atomic E-state index is 0.332. The van der Waals surface area contributed by atoms with Gasteiger partial charge in [-0.1, -0.05) is 24.3 Å². The molecule has 8 heteroatoms. The monoisotopic (exact) mass is 400 g/mol. The Labute approximate surface area is 171 Å². The van der Waals surface area contributed by atoms with Crippen LogP contribution < -0.4 is 4.74 Å². The van der Waals surface area contributed by atoms with Crippen molar-refractivity contribution < 1.29 is 9.13 Å². The fraction of sp³-hybridized carbons (Fsp3) is 0.0909. The van der Waals surface area contributed by atoms with E-state index in [1.807, 2.05) is 43.7 Å². The second-order valence-electron chi connectivity index (χ2n) is 6.85. The first-order valence-corrected chi connectivity index (χ1v) is 9.31. The van der Waals surface area contributed by atoms with E-state index in [1.54, 1.807) is 27.5 Å². The first-order chi connectivity index (χ1) is 14.7. The standard InChI is InChI=1S/C22H17FN6O/c1-28-12-17(10-27-28)16-4-2-15(3-5-16)13-30-22-9-19(25-14-26-22)20-11-24-21-8-18(23)6-7-29(20)21/h2-12,14H,13H2,1H3. The summed E-state index contributed by atoms with van der Waals surface area (Å²) in [4.78, 5) is 12.7. The molecule has 0 saturated heterocycles. The van der Waals surface area contributed by atoms with Crippen molar-refractivity contribution in [3.63, 3.8) is 0 Å². The summed E-state index contributed by atoms with van der Waals surface area (Å²) in [5.41, 5.74) is 5.08. The van der Waals surface area contributed by atoms with Gasteiger partial charge in [-0.25, -0.2) is 19.3 Å². The Morgan fingerprint density at radius 3 is 2.63 bits per heavy atom. The topological polar surface area (TPSA) is 70.1 Å². The van der Waals surface area contributed by atoms with Gasteiger partial charge in [0.05, 0.1) is 23.8 Å². The van der Waals surface area contributed by atoms with Crippen LogP contribution >= 0.6 is 0 Å². The van der Waals surface area contributed by atoms with Gasteiger partial charge < -0.3 is 4.74 Å². The number of aryl methyl sites for hydroxylation is 1. The van der Waals surface area contributed by atoms with Crippen LogP contribution in [0.15, 0.2) is 73.6 Å². The second-order valence-corrected chi connectivity index (χ2v) is 6.85. The summed E-state index contributed by atoms with van der Waals surface area (Å²) in [6.07, 6.45) is 8.53. The number of rotatable bonds is 5. The Balaban J connectivity index is 1.32. The van der Waals surface area contributed by atoms with E-state index >= 15 is 0 Å². The molecule has 0 aliphatic rings. The van der Waals surface area contributed by atoms with E-state index in [1.165, 1.54) is 18.5 Å². The molecule has 5 rings (SSSR count). The predicted octanol–water partition coefficient (Wildman–Crippen LogP) is 3.91. The first-order valence-electron chi connectivity index (χ1n) is 9.31. The largest absolute Gasteiger partial charge is 0.473 e. The van der Waals surface area contributed by atoms with Gasteiger partial charge in [-0.05, 0) is 17.2 Å². The fourth-order valence-corrected chi connectivity index (χ4v) is 3.22. The third-order valence-corrected chi connectivity index (χ3v) is 4.76. The van der Waals surface area contributed by atoms with Crippen molar-refractivity contribution in [3.8, 4) is 28.4 Å². The van der Waals surface area contributed by atoms with Gasteiger partial charge in [0.2, 0.25) is 5.88 Å². The molecule has 0 amide bonds. The number of hydrogen-bond donors (Lipinski definition) is 0. The smallest absolute Gasteiger partial charge is 0.217 e. The summed E-state index contributed by atoms with van der Waals surface area (Å²) < 4.78 is 22.8. The highest BCUT2D eigenvalue weighted by Gasteiger charge is 2.10. The molecule has 0 bridgehead atoms. The molecule has 0 unspecified atom stereocenters. The number of fused-ring (bicyclic) bond motifs is 1. The van der Waals surface area contributed by atoms with Crippen LogP contribution in [-0.2, 0) is 13.7 Å². The molecule has 0 radical (unpaired) electrons. The van der Waals surface area contributed by atoms with Crippen molar-refractivity contribution in [1.29, 1.82) is 0 Å². The molecule has 0 aliphatic heterocycles. The van der Waals surface area contributed by atoms with Gasteiger partial charge in [0.15, 0.2) is 0 Å². The van der Waals surface area contributed by atoms with Gasteiger partial charge >= 0.3 is 0 Å². The molecular weight excluding hydrogens is 383 g/mol. The average Bonchev–Trinajstić information content (AvgIpc) is 3.39. The van der Waals surface area contributed by atoms with E-state index in [0.29, 0.717) is 23.8 Å². The van der Waals surface area contributed by atoms with Gasteiger partial charge in [0.25, 0.3) is 0 Å². The van der Waals surface area contributed by atoms with Crippen molar-refractivity contribution in [2.24, 2.45) is 7.05 Å². The number of nitrogens with zero attached hydrogens (tertiary/aromatic N) is 6. The van der Waals surface area contributed by atoms with Crippen molar-refractivity contribution >= 4 is 5.65 Å². The van der Waals surface area contributed by atoms with E-state index in [-0.39, 0.29) is 5.82 Å². The minimum atomic E-state index is -0.332. The minimum Gasteiger partial charge on any atom is -0.473 e. The van der Waals surface area contributed by atoms with Crippen LogP contribution in [0.4, 0.5) is 4.39 Å². The van der Waals surface area contributed by atoms with E-state index in [4.69, 9.17) is 4.74 Å². The molecule has 148 valence electrons. The van der Waals surface area contributed by atoms with Gasteiger partial charge in [-0.2, -0.15) is 5.10 Å². The number of aromatic nitrogens is 6. The van der Waals surface area contributed by atoms with Gasteiger partial charge in [0, 0.05) is 37.1 Å². The Kier molecular flexibility index (Phi) is 4.44. The van der Waals surface area contributed by atoms with Crippen molar-refractivity contribution in [3.05, 3.63) is 85.0 Å². The quantitative estimate of drug-likeness (QED) is 0.447. The van der Waals surface area contributed by atoms with Crippen LogP contribution in [0.5, 0.6) is 5.88 Å². The molecule has 0 saturated carbocycles. The van der Waals surface area contributed by atoms with Crippen LogP contribution in [0, 0.1) is 5.82 Å². The third kappa shape index (κ3) is 3.50. The maximum absolute atomic E-state index is 13.4. The van der Waals surface area contributed by atoms with Crippen LogP contribution in [0.1, 0.15) is 5.56 Å². The molecule has 0 spiro atoms. The second kappa shape index (κ2) is 7.40. The predicted molar refractivity (Wildman–Crippen MR) is 109 cm³/mol. The number of ether oxygens (including phenoxy) is 1. The van der Waals surface area contributed by atoms with Gasteiger partial charge in [0.1, 0.15) is 24.4 Å². The maximum Gasteiger partial charge on any atom is 0.217 e. The zero-order valence-electron chi connectivity index (χ0n) is 16.1. The molecule has 4 heterocycles. The summed E-state index contributed by atoms with van der Waals surface area (Å²) in [6.45, 7) is 0.377. The molecule has 0 atom stereocenters. The number of halogens is 1. The molecule has 4 aromatic heterocycles. The SMILES string of the molecule is Cn1cc(-c2ccc(COc3cc(-c4cnc5cc(F)ccn45)ncn3)cc2)cn1. The molecule has 1 aromatic carbocycles. The molecular formula is C22H17FN6O. The molecule has 0 aliphatic carbocycles. The Morgan fingerprint density at radius 2 is 1.83 bits per heavy atom. The molecule has 0 fully saturated rings. The third-order valence-electron chi connectivity index (χ3n) is 4.76. The Hall–Kier alpha value is -4.07. The molecule has 0 N–H and O–H groups in total. The number of pyridine rings is 1. The number of hydrogen-bond acceptors (Lipinski definition) is 5. The van der Waals surface area contributed by atoms with Crippen LogP contribution in [0.3, 0.4) is 0 Å². The van der Waals surface area contributed by atoms with Gasteiger partial charge in [-0.15, -0.1) is 0 Å². The van der Waals surface area contributed by atoms with E-state index < -0.39 is 0 Å². The lowest BCUT2D eigenvalue weighted by Gasteiger charge is -2.07. The lowest BCUT2D eigenvalue weighted by Crippen LogP contribution is -1.99. The highest BCUT2D eigenvalue weighted by atomic mass is 19.1. The van der Waals surface area contributed by atoms with E-state index in [9.17, 15) is 4.39 Å². The molecule has 30 heavy (non-hydrogen) atoms. The first kappa shape index (κ1) is 18.0. The fourth-order valence-electron chi connectivity index (χ4n) is 3.22. The lowest BCUT2D eigenvalue weighted by molar-refractivity contribution is 0.293. The van der Waals surface area contributed by atoms with Crippen molar-refractivity contribution in [1.82, 2.24) is 29.1 Å². The molecule has 7 nitrogen and oxygen atoms in total. The van der Waals surface area contributed by atoms with Crippen LogP contribution in [0.25, 0.3) is 28.2 Å². The zero-order chi connectivity index (χ0) is 20.5. The summed E-state index contributed by atoms with van der Waals surface area (Å²) in [5, 5.41) is 4.20. The zero-order valence-corrected chi connectivity index (χ0v) is 16.1. The highest BCUT2D eigenvalue weighted by Crippen LogP contribution is 2.23. The number of benzene rings is 1. The number of imidazole rings is 1. The maximum atomic E-state index is 13.4. The summed E-state index contributed by atoms with van der Waals surface area (Å²) >= 11 is 0. The highest BCUT2D eigenvalue weighted by molar-refractivity contribution is 5.62. The van der Waals surface area contributed by atoms with E-state index in [2.05, 4.69) is 20.1 Å². The van der Waals surface area contributed by atoms with Crippen LogP contribution in [0.2, 0.25) is 0 Å². The Morgan fingerprint density at radius 1 is 0.967 bits per heavy atom. The summed E-state index contributed by atoms with van der Waals surface area (Å²) in [5.74, 6) is 0.120. The van der Waals surface area contributed by atoms with E-state index in [0.717, 1.165) is 22.4 Å². The average molecular weight is 400 g/mol. The molecule has 5 aromatic rings. The summed E-state index contributed by atoms with van der Waals surface area (Å²) in [7, 11) is 1.90.